The molecule has 0 saturated carbocycles. The van der Waals surface area contributed by atoms with Gasteiger partial charge in [0.15, 0.2) is 5.82 Å². The van der Waals surface area contributed by atoms with Gasteiger partial charge in [0.1, 0.15) is 16.4 Å². The quantitative estimate of drug-likeness (QED) is 0.435. The van der Waals surface area contributed by atoms with Crippen molar-refractivity contribution in [2.24, 2.45) is 0 Å². The van der Waals surface area contributed by atoms with Gasteiger partial charge in [0, 0.05) is 25.4 Å². The molecule has 0 atom stereocenters. The summed E-state index contributed by atoms with van der Waals surface area (Å²) in [5.74, 6) is 0.605. The van der Waals surface area contributed by atoms with Gasteiger partial charge in [0.05, 0.1) is 24.5 Å². The minimum Gasteiger partial charge on any atom is -0.378 e. The summed E-state index contributed by atoms with van der Waals surface area (Å²) in [5, 5.41) is 0. The summed E-state index contributed by atoms with van der Waals surface area (Å²) in [5.41, 5.74) is -0.684. The molecule has 1 aliphatic heterocycles. The molecular weight excluding hydrogens is 445 g/mol. The second-order valence-electron chi connectivity index (χ2n) is 6.89. The van der Waals surface area contributed by atoms with Crippen molar-refractivity contribution in [3.05, 3.63) is 71.5 Å². The van der Waals surface area contributed by atoms with Crippen LogP contribution in [0, 0.1) is 0 Å². The SMILES string of the molecule is O=S(=O)=C(c1cccc(C(F)(F)F)c1)c1cc(N2CCOCC2)nc(-c2ccccn2)n1. The van der Waals surface area contributed by atoms with E-state index in [0.29, 0.717) is 37.8 Å². The highest BCUT2D eigenvalue weighted by Gasteiger charge is 2.31. The molecule has 4 rings (SSSR count). The van der Waals surface area contributed by atoms with Crippen LogP contribution in [0.2, 0.25) is 0 Å². The zero-order chi connectivity index (χ0) is 22.7. The molecule has 1 aromatic carbocycles. The number of hydrogen-bond acceptors (Lipinski definition) is 7. The van der Waals surface area contributed by atoms with Crippen LogP contribution in [0.4, 0.5) is 19.0 Å². The molecule has 1 saturated heterocycles. The third kappa shape index (κ3) is 4.78. The van der Waals surface area contributed by atoms with Gasteiger partial charge >= 0.3 is 6.18 Å². The Balaban J connectivity index is 1.89. The van der Waals surface area contributed by atoms with Gasteiger partial charge < -0.3 is 9.64 Å². The lowest BCUT2D eigenvalue weighted by Crippen LogP contribution is -2.37. The Morgan fingerprint density at radius 2 is 1.78 bits per heavy atom. The first kappa shape index (κ1) is 21.9. The second kappa shape index (κ2) is 9.05. The van der Waals surface area contributed by atoms with Crippen molar-refractivity contribution in [1.82, 2.24) is 15.0 Å². The van der Waals surface area contributed by atoms with E-state index in [-0.39, 0.29) is 21.9 Å². The molecule has 3 aromatic rings. The number of ether oxygens (including phenoxy) is 1. The predicted octanol–water partition coefficient (Wildman–Crippen LogP) is 2.84. The molecule has 1 fully saturated rings. The van der Waals surface area contributed by atoms with Crippen molar-refractivity contribution in [2.45, 2.75) is 6.18 Å². The van der Waals surface area contributed by atoms with Gasteiger partial charge in [-0.05, 0) is 29.8 Å². The van der Waals surface area contributed by atoms with Crippen LogP contribution in [-0.4, -0.2) is 54.5 Å². The van der Waals surface area contributed by atoms with Crippen molar-refractivity contribution in [2.75, 3.05) is 31.2 Å². The number of hydrogen-bond donors (Lipinski definition) is 0. The molecule has 2 aromatic heterocycles. The smallest absolute Gasteiger partial charge is 0.378 e. The van der Waals surface area contributed by atoms with Gasteiger partial charge in [-0.3, -0.25) is 4.98 Å². The van der Waals surface area contributed by atoms with Crippen LogP contribution >= 0.6 is 0 Å². The standard InChI is InChI=1S/C21H17F3N4O3S/c22-21(23,24)15-5-3-4-14(12-15)19(32(29)30)17-13-18(28-8-10-31-11-9-28)27-20(26-17)16-6-1-2-7-25-16/h1-7,12-13H,8-11H2. The predicted molar refractivity (Wildman–Crippen MR) is 112 cm³/mol. The molecule has 11 heteroatoms. The number of morpholine rings is 1. The molecule has 7 nitrogen and oxygen atoms in total. The molecular formula is C21H17F3N4O3S. The number of aromatic nitrogens is 3. The molecule has 0 N–H and O–H groups in total. The molecule has 3 heterocycles. The molecule has 0 radical (unpaired) electrons. The van der Waals surface area contributed by atoms with Crippen LogP contribution in [0.1, 0.15) is 16.8 Å². The first-order valence-electron chi connectivity index (χ1n) is 9.60. The van der Waals surface area contributed by atoms with E-state index in [1.165, 1.54) is 12.1 Å². The lowest BCUT2D eigenvalue weighted by atomic mass is 10.1. The Hall–Kier alpha value is -3.31. The van der Waals surface area contributed by atoms with Gasteiger partial charge in [0.2, 0.25) is 10.3 Å². The van der Waals surface area contributed by atoms with Gasteiger partial charge in [-0.2, -0.15) is 21.6 Å². The molecule has 1 aliphatic rings. The Morgan fingerprint density at radius 3 is 2.44 bits per heavy atom. The average molecular weight is 462 g/mol. The summed E-state index contributed by atoms with van der Waals surface area (Å²) in [6.07, 6.45) is -3.07. The zero-order valence-electron chi connectivity index (χ0n) is 16.6. The van der Waals surface area contributed by atoms with Crippen molar-refractivity contribution in [3.8, 4) is 11.5 Å². The molecule has 0 unspecified atom stereocenters. The number of halogens is 3. The summed E-state index contributed by atoms with van der Waals surface area (Å²) < 4.78 is 69.3. The van der Waals surface area contributed by atoms with E-state index >= 15 is 0 Å². The van der Waals surface area contributed by atoms with Crippen molar-refractivity contribution in [1.29, 1.82) is 0 Å². The van der Waals surface area contributed by atoms with Crippen LogP contribution in [-0.2, 0) is 21.2 Å². The highest BCUT2D eigenvalue weighted by molar-refractivity contribution is 7.73. The average Bonchev–Trinajstić information content (AvgIpc) is 2.80. The number of alkyl halides is 3. The number of pyridine rings is 1. The largest absolute Gasteiger partial charge is 0.416 e. The van der Waals surface area contributed by atoms with E-state index in [2.05, 4.69) is 15.0 Å². The maximum absolute atomic E-state index is 13.2. The van der Waals surface area contributed by atoms with E-state index < -0.39 is 22.0 Å². The third-order valence-corrected chi connectivity index (χ3v) is 5.57. The maximum Gasteiger partial charge on any atom is 0.416 e. The molecule has 32 heavy (non-hydrogen) atoms. The summed E-state index contributed by atoms with van der Waals surface area (Å²) in [6, 6.07) is 10.7. The minimum atomic E-state index is -4.62. The topological polar surface area (TPSA) is 85.3 Å². The zero-order valence-corrected chi connectivity index (χ0v) is 17.4. The molecule has 0 amide bonds. The fraction of sp³-hybridized carbons (Fsp3) is 0.238. The van der Waals surface area contributed by atoms with Crippen LogP contribution in [0.25, 0.3) is 11.5 Å². The third-order valence-electron chi connectivity index (χ3n) is 4.79. The second-order valence-corrected chi connectivity index (χ2v) is 7.77. The first-order chi connectivity index (χ1) is 15.3. The number of benzene rings is 1. The summed E-state index contributed by atoms with van der Waals surface area (Å²) in [4.78, 5) is 14.6. The van der Waals surface area contributed by atoms with Gasteiger partial charge in [-0.1, -0.05) is 18.2 Å². The minimum absolute atomic E-state index is 0.0187. The van der Waals surface area contributed by atoms with Crippen molar-refractivity contribution in [3.63, 3.8) is 0 Å². The van der Waals surface area contributed by atoms with Crippen LogP contribution in [0.3, 0.4) is 0 Å². The van der Waals surface area contributed by atoms with E-state index in [9.17, 15) is 21.6 Å². The highest BCUT2D eigenvalue weighted by Crippen LogP contribution is 2.30. The summed E-state index contributed by atoms with van der Waals surface area (Å²) in [6.45, 7) is 1.99. The van der Waals surface area contributed by atoms with Gasteiger partial charge in [0.25, 0.3) is 0 Å². The fourth-order valence-corrected chi connectivity index (χ4v) is 3.88. The number of nitrogens with zero attached hydrogens (tertiary/aromatic N) is 4. The Bertz CT molecular complexity index is 1250. The van der Waals surface area contributed by atoms with Crippen LogP contribution in [0.5, 0.6) is 0 Å². The number of rotatable bonds is 4. The molecule has 0 aliphatic carbocycles. The first-order valence-corrected chi connectivity index (χ1v) is 10.7. The Morgan fingerprint density at radius 1 is 1.00 bits per heavy atom. The van der Waals surface area contributed by atoms with E-state index in [1.54, 1.807) is 24.4 Å². The van der Waals surface area contributed by atoms with Gasteiger partial charge in [-0.25, -0.2) is 9.97 Å². The fourth-order valence-electron chi connectivity index (χ4n) is 3.28. The van der Waals surface area contributed by atoms with Crippen molar-refractivity contribution >= 4 is 21.0 Å². The normalized spacial score (nSPS) is 14.3. The Labute approximate surface area is 183 Å². The van der Waals surface area contributed by atoms with Crippen LogP contribution < -0.4 is 4.90 Å². The van der Waals surface area contributed by atoms with Crippen molar-refractivity contribution < 1.29 is 26.3 Å². The maximum atomic E-state index is 13.2. The van der Waals surface area contributed by atoms with E-state index in [0.717, 1.165) is 18.2 Å². The highest BCUT2D eigenvalue weighted by atomic mass is 32.2. The molecule has 166 valence electrons. The molecule has 0 bridgehead atoms. The Kier molecular flexibility index (Phi) is 6.19. The monoisotopic (exact) mass is 462 g/mol. The molecule has 0 spiro atoms. The number of anilines is 1. The lowest BCUT2D eigenvalue weighted by molar-refractivity contribution is -0.137. The van der Waals surface area contributed by atoms with E-state index in [4.69, 9.17) is 4.74 Å². The lowest BCUT2D eigenvalue weighted by Gasteiger charge is -2.28. The summed E-state index contributed by atoms with van der Waals surface area (Å²) in [7, 11) is -2.87. The summed E-state index contributed by atoms with van der Waals surface area (Å²) >= 11 is 0. The van der Waals surface area contributed by atoms with E-state index in [1.807, 2.05) is 4.90 Å². The van der Waals surface area contributed by atoms with Gasteiger partial charge in [-0.15, -0.1) is 0 Å². The van der Waals surface area contributed by atoms with Crippen LogP contribution in [0.15, 0.2) is 54.7 Å².